The van der Waals surface area contributed by atoms with Crippen LogP contribution < -0.4 is 5.56 Å². The number of H-pyrrole nitrogens is 1. The summed E-state index contributed by atoms with van der Waals surface area (Å²) in [6, 6.07) is 10.5. The second kappa shape index (κ2) is 5.31. The molecule has 20 heavy (non-hydrogen) atoms. The summed E-state index contributed by atoms with van der Waals surface area (Å²) in [5.41, 5.74) is 1.96. The average molecular weight is 380 g/mol. The van der Waals surface area contributed by atoms with E-state index < -0.39 is 0 Å². The van der Waals surface area contributed by atoms with Gasteiger partial charge in [-0.05, 0) is 47.9 Å². The van der Waals surface area contributed by atoms with Crippen LogP contribution in [0, 0.1) is 10.5 Å². The van der Waals surface area contributed by atoms with Crippen LogP contribution in [0.2, 0.25) is 0 Å². The zero-order valence-corrected chi connectivity index (χ0v) is 13.6. The quantitative estimate of drug-likeness (QED) is 0.811. The highest BCUT2D eigenvalue weighted by molar-refractivity contribution is 14.1. The van der Waals surface area contributed by atoms with E-state index in [0.717, 1.165) is 24.4 Å². The van der Waals surface area contributed by atoms with Gasteiger partial charge in [0.05, 0.1) is 14.7 Å². The number of aryl methyl sites for hydroxylation is 1. The fourth-order valence-electron chi connectivity index (χ4n) is 3.20. The molecule has 0 unspecified atom stereocenters. The molecule has 1 aliphatic carbocycles. The topological polar surface area (TPSA) is 45.8 Å². The van der Waals surface area contributed by atoms with E-state index in [2.05, 4.69) is 51.8 Å². The molecule has 1 aromatic heterocycles. The number of aromatic amines is 1. The Morgan fingerprint density at radius 3 is 2.45 bits per heavy atom. The molecular formula is C16H17IN2O. The van der Waals surface area contributed by atoms with Crippen molar-refractivity contribution in [3.63, 3.8) is 0 Å². The van der Waals surface area contributed by atoms with E-state index in [4.69, 9.17) is 4.98 Å². The maximum atomic E-state index is 12.1. The van der Waals surface area contributed by atoms with Gasteiger partial charge in [0, 0.05) is 0 Å². The van der Waals surface area contributed by atoms with Crippen LogP contribution in [0.3, 0.4) is 0 Å². The number of nitrogens with one attached hydrogen (secondary N) is 1. The van der Waals surface area contributed by atoms with E-state index in [0.29, 0.717) is 3.57 Å². The lowest BCUT2D eigenvalue weighted by molar-refractivity contribution is 0.495. The van der Waals surface area contributed by atoms with Crippen molar-refractivity contribution in [2.45, 2.75) is 38.0 Å². The Morgan fingerprint density at radius 2 is 1.85 bits per heavy atom. The lowest BCUT2D eigenvalue weighted by Gasteiger charge is -2.28. The Bertz CT molecular complexity index is 673. The monoisotopic (exact) mass is 380 g/mol. The van der Waals surface area contributed by atoms with Crippen LogP contribution in [0.25, 0.3) is 0 Å². The van der Waals surface area contributed by atoms with Crippen LogP contribution in [-0.2, 0) is 5.41 Å². The largest absolute Gasteiger partial charge is 0.309 e. The summed E-state index contributed by atoms with van der Waals surface area (Å²) in [5.74, 6) is 0.837. The highest BCUT2D eigenvalue weighted by Crippen LogP contribution is 2.44. The minimum absolute atomic E-state index is 0.0182. The molecule has 0 amide bonds. The van der Waals surface area contributed by atoms with Crippen LogP contribution >= 0.6 is 22.6 Å². The van der Waals surface area contributed by atoms with E-state index in [-0.39, 0.29) is 11.0 Å². The third-order valence-corrected chi connectivity index (χ3v) is 5.54. The maximum absolute atomic E-state index is 12.1. The normalized spacial score (nSPS) is 17.3. The zero-order chi connectivity index (χ0) is 14.2. The van der Waals surface area contributed by atoms with Crippen LogP contribution in [0.15, 0.2) is 35.1 Å². The summed E-state index contributed by atoms with van der Waals surface area (Å²) in [4.78, 5) is 19.8. The second-order valence-corrected chi connectivity index (χ2v) is 6.55. The lowest BCUT2D eigenvalue weighted by atomic mass is 9.78. The van der Waals surface area contributed by atoms with E-state index in [9.17, 15) is 4.79 Å². The van der Waals surface area contributed by atoms with Crippen molar-refractivity contribution in [1.29, 1.82) is 0 Å². The van der Waals surface area contributed by atoms with Gasteiger partial charge in [-0.15, -0.1) is 0 Å². The molecule has 0 bridgehead atoms. The molecule has 2 aromatic rings. The number of aromatic nitrogens is 2. The van der Waals surface area contributed by atoms with Gasteiger partial charge in [0.1, 0.15) is 5.82 Å². The fourth-order valence-corrected chi connectivity index (χ4v) is 3.45. The van der Waals surface area contributed by atoms with Crippen molar-refractivity contribution in [3.8, 4) is 0 Å². The van der Waals surface area contributed by atoms with Crippen LogP contribution in [0.5, 0.6) is 0 Å². The highest BCUT2D eigenvalue weighted by Gasteiger charge is 2.39. The molecule has 104 valence electrons. The average Bonchev–Trinajstić information content (AvgIpc) is 2.96. The molecule has 1 N–H and O–H groups in total. The van der Waals surface area contributed by atoms with E-state index >= 15 is 0 Å². The Kier molecular flexibility index (Phi) is 3.67. The van der Waals surface area contributed by atoms with Crippen molar-refractivity contribution in [2.24, 2.45) is 0 Å². The first-order chi connectivity index (χ1) is 9.63. The number of benzene rings is 1. The molecule has 0 radical (unpaired) electrons. The first-order valence-corrected chi connectivity index (χ1v) is 8.04. The Balaban J connectivity index is 2.20. The van der Waals surface area contributed by atoms with Crippen molar-refractivity contribution >= 4 is 22.6 Å². The molecule has 1 fully saturated rings. The predicted molar refractivity (Wildman–Crippen MR) is 88.0 cm³/mol. The molecule has 1 aromatic carbocycles. The van der Waals surface area contributed by atoms with Crippen molar-refractivity contribution in [1.82, 2.24) is 9.97 Å². The van der Waals surface area contributed by atoms with Crippen LogP contribution in [0.1, 0.15) is 42.8 Å². The molecule has 0 aliphatic heterocycles. The standard InChI is InChI=1S/C16H17IN2O/c1-11-13(17)14(20)19-15(18-11)16(9-5-6-10-16)12-7-3-2-4-8-12/h2-4,7-8H,5-6,9-10H2,1H3,(H,18,19,20). The van der Waals surface area contributed by atoms with E-state index in [1.165, 1.54) is 18.4 Å². The molecule has 0 saturated heterocycles. The first kappa shape index (κ1) is 13.8. The van der Waals surface area contributed by atoms with Crippen molar-refractivity contribution < 1.29 is 0 Å². The van der Waals surface area contributed by atoms with Gasteiger partial charge < -0.3 is 4.98 Å². The summed E-state index contributed by atoms with van der Waals surface area (Å²) in [6.07, 6.45) is 4.48. The molecule has 1 aliphatic rings. The summed E-state index contributed by atoms with van der Waals surface area (Å²) in [5, 5.41) is 0. The van der Waals surface area contributed by atoms with Gasteiger partial charge in [-0.1, -0.05) is 43.2 Å². The third kappa shape index (κ3) is 2.20. The maximum Gasteiger partial charge on any atom is 0.264 e. The smallest absolute Gasteiger partial charge is 0.264 e. The first-order valence-electron chi connectivity index (χ1n) is 6.96. The summed E-state index contributed by atoms with van der Waals surface area (Å²) < 4.78 is 0.688. The Hall–Kier alpha value is -1.17. The van der Waals surface area contributed by atoms with Gasteiger partial charge in [-0.25, -0.2) is 4.98 Å². The van der Waals surface area contributed by atoms with Gasteiger partial charge >= 0.3 is 0 Å². The number of hydrogen-bond donors (Lipinski definition) is 1. The van der Waals surface area contributed by atoms with Gasteiger partial charge in [0.2, 0.25) is 0 Å². The van der Waals surface area contributed by atoms with Gasteiger partial charge in [-0.3, -0.25) is 4.79 Å². The lowest BCUT2D eigenvalue weighted by Crippen LogP contribution is -2.31. The Morgan fingerprint density at radius 1 is 1.20 bits per heavy atom. The number of rotatable bonds is 2. The van der Waals surface area contributed by atoms with E-state index in [1.54, 1.807) is 0 Å². The summed E-state index contributed by atoms with van der Waals surface area (Å²) in [7, 11) is 0. The van der Waals surface area contributed by atoms with Gasteiger partial charge in [0.15, 0.2) is 0 Å². The minimum Gasteiger partial charge on any atom is -0.309 e. The second-order valence-electron chi connectivity index (χ2n) is 5.47. The van der Waals surface area contributed by atoms with Gasteiger partial charge in [-0.2, -0.15) is 0 Å². The van der Waals surface area contributed by atoms with Gasteiger partial charge in [0.25, 0.3) is 5.56 Å². The number of nitrogens with zero attached hydrogens (tertiary/aromatic N) is 1. The minimum atomic E-state index is -0.116. The van der Waals surface area contributed by atoms with Crippen molar-refractivity contribution in [2.75, 3.05) is 0 Å². The SMILES string of the molecule is Cc1nc(C2(c3ccccc3)CCCC2)[nH]c(=O)c1I. The molecule has 3 nitrogen and oxygen atoms in total. The highest BCUT2D eigenvalue weighted by atomic mass is 127. The number of hydrogen-bond acceptors (Lipinski definition) is 2. The molecule has 0 atom stereocenters. The summed E-state index contributed by atoms with van der Waals surface area (Å²) in [6.45, 7) is 1.91. The summed E-state index contributed by atoms with van der Waals surface area (Å²) >= 11 is 2.06. The molecule has 4 heteroatoms. The van der Waals surface area contributed by atoms with Crippen LogP contribution in [0.4, 0.5) is 0 Å². The molecule has 3 rings (SSSR count). The predicted octanol–water partition coefficient (Wildman–Crippen LogP) is 3.54. The Labute approximate surface area is 132 Å². The van der Waals surface area contributed by atoms with E-state index in [1.807, 2.05) is 13.0 Å². The molecular weight excluding hydrogens is 363 g/mol. The third-order valence-electron chi connectivity index (χ3n) is 4.27. The molecule has 1 heterocycles. The molecule has 0 spiro atoms. The fraction of sp³-hybridized carbons (Fsp3) is 0.375. The number of halogens is 1. The van der Waals surface area contributed by atoms with Crippen LogP contribution in [-0.4, -0.2) is 9.97 Å². The van der Waals surface area contributed by atoms with Crippen molar-refractivity contribution in [3.05, 3.63) is 61.3 Å². The molecule has 1 saturated carbocycles. The zero-order valence-electron chi connectivity index (χ0n) is 11.4.